The number of hydrogen-bond donors (Lipinski definition) is 2. The third kappa shape index (κ3) is 3.10. The summed E-state index contributed by atoms with van der Waals surface area (Å²) in [5.74, 6) is -0.348. The lowest BCUT2D eigenvalue weighted by Crippen LogP contribution is -2.51. The van der Waals surface area contributed by atoms with E-state index in [4.69, 9.17) is 10.2 Å². The van der Waals surface area contributed by atoms with Crippen molar-refractivity contribution in [3.8, 4) is 0 Å². The van der Waals surface area contributed by atoms with E-state index in [0.717, 1.165) is 0 Å². The number of hydrogen-bond acceptors (Lipinski definition) is 5. The molecule has 0 bridgehead atoms. The molecule has 0 aliphatic carbocycles. The fourth-order valence-electron chi connectivity index (χ4n) is 1.48. The molecule has 100 valence electrons. The van der Waals surface area contributed by atoms with Gasteiger partial charge in [0, 0.05) is 0 Å². The Labute approximate surface area is 105 Å². The van der Waals surface area contributed by atoms with Crippen LogP contribution in [0.2, 0.25) is 0 Å². The van der Waals surface area contributed by atoms with Gasteiger partial charge in [-0.15, -0.1) is 0 Å². The average Bonchev–Trinajstić information content (AvgIpc) is 2.76. The fraction of sp³-hybridized carbons (Fsp3) is 0.500. The lowest BCUT2D eigenvalue weighted by molar-refractivity contribution is -0.123. The summed E-state index contributed by atoms with van der Waals surface area (Å²) in [6.07, 6.45) is 0. The number of ether oxygens (including phenoxy) is 1. The van der Waals surface area contributed by atoms with Crippen molar-refractivity contribution in [1.29, 1.82) is 0 Å². The fourth-order valence-corrected chi connectivity index (χ4v) is 1.48. The molecule has 1 amide bonds. The number of amides is 1. The van der Waals surface area contributed by atoms with Crippen molar-refractivity contribution in [1.82, 2.24) is 5.32 Å². The van der Waals surface area contributed by atoms with E-state index in [2.05, 4.69) is 10.1 Å². The van der Waals surface area contributed by atoms with Crippen LogP contribution < -0.4 is 11.1 Å². The first-order valence-electron chi connectivity index (χ1n) is 5.53. The maximum Gasteiger partial charge on any atom is 0.373 e. The monoisotopic (exact) mass is 254 g/mol. The molecule has 6 nitrogen and oxygen atoms in total. The molecule has 1 unspecified atom stereocenters. The van der Waals surface area contributed by atoms with E-state index in [9.17, 15) is 9.59 Å². The Hall–Kier alpha value is -1.82. The number of rotatable bonds is 5. The quantitative estimate of drug-likeness (QED) is 0.764. The van der Waals surface area contributed by atoms with Gasteiger partial charge in [0.15, 0.2) is 0 Å². The minimum absolute atomic E-state index is 0.123. The van der Waals surface area contributed by atoms with Crippen LogP contribution in [0.5, 0.6) is 0 Å². The van der Waals surface area contributed by atoms with Crippen molar-refractivity contribution in [2.24, 2.45) is 5.73 Å². The van der Waals surface area contributed by atoms with E-state index in [1.807, 2.05) is 6.92 Å². The number of esters is 1. The van der Waals surface area contributed by atoms with Crippen molar-refractivity contribution in [3.63, 3.8) is 0 Å². The third-order valence-corrected chi connectivity index (χ3v) is 2.63. The second-order valence-corrected chi connectivity index (χ2v) is 4.55. The van der Waals surface area contributed by atoms with Gasteiger partial charge in [0.1, 0.15) is 5.76 Å². The van der Waals surface area contributed by atoms with Crippen LogP contribution >= 0.6 is 0 Å². The van der Waals surface area contributed by atoms with E-state index < -0.39 is 17.4 Å². The van der Waals surface area contributed by atoms with E-state index in [1.54, 1.807) is 19.9 Å². The Morgan fingerprint density at radius 2 is 2.06 bits per heavy atom. The van der Waals surface area contributed by atoms with Gasteiger partial charge in [0.05, 0.1) is 18.7 Å². The molecule has 0 radical (unpaired) electrons. The smallest absolute Gasteiger partial charge is 0.373 e. The van der Waals surface area contributed by atoms with Crippen LogP contribution in [-0.4, -0.2) is 24.5 Å². The van der Waals surface area contributed by atoms with E-state index in [0.29, 0.717) is 5.76 Å². The Morgan fingerprint density at radius 3 is 2.56 bits per heavy atom. The molecule has 1 aromatic heterocycles. The molecule has 0 saturated heterocycles. The van der Waals surface area contributed by atoms with Crippen LogP contribution in [0, 0.1) is 0 Å². The molecule has 1 rings (SSSR count). The lowest BCUT2D eigenvalue weighted by atomic mass is 10.0. The van der Waals surface area contributed by atoms with Gasteiger partial charge >= 0.3 is 5.97 Å². The highest BCUT2D eigenvalue weighted by atomic mass is 16.5. The molecule has 1 aromatic rings. The minimum atomic E-state index is -0.863. The second kappa shape index (κ2) is 5.22. The van der Waals surface area contributed by atoms with Gasteiger partial charge < -0.3 is 14.9 Å². The van der Waals surface area contributed by atoms with Gasteiger partial charge in [-0.1, -0.05) is 0 Å². The SMILES string of the molecule is COC(=O)c1ccc(C(C)NC(C)(C)C(N)=O)o1. The molecule has 3 N–H and O–H groups in total. The Kier molecular flexibility index (Phi) is 4.13. The summed E-state index contributed by atoms with van der Waals surface area (Å²) in [7, 11) is 1.28. The summed E-state index contributed by atoms with van der Waals surface area (Å²) < 4.78 is 9.88. The molecule has 0 aliphatic heterocycles. The van der Waals surface area contributed by atoms with Crippen LogP contribution in [0.15, 0.2) is 16.5 Å². The first-order valence-corrected chi connectivity index (χ1v) is 5.53. The highest BCUT2D eigenvalue weighted by molar-refractivity contribution is 5.86. The van der Waals surface area contributed by atoms with Crippen LogP contribution in [0.1, 0.15) is 43.1 Å². The summed E-state index contributed by atoms with van der Waals surface area (Å²) in [5, 5.41) is 3.02. The summed E-state index contributed by atoms with van der Waals surface area (Å²) in [4.78, 5) is 22.4. The summed E-state index contributed by atoms with van der Waals surface area (Å²) >= 11 is 0. The normalized spacial score (nSPS) is 13.1. The Morgan fingerprint density at radius 1 is 1.44 bits per heavy atom. The number of carbonyl (C=O) groups is 2. The highest BCUT2D eigenvalue weighted by Crippen LogP contribution is 2.19. The Balaban J connectivity index is 2.79. The number of primary amides is 1. The zero-order chi connectivity index (χ0) is 13.9. The number of nitrogens with two attached hydrogens (primary N) is 1. The van der Waals surface area contributed by atoms with Crippen molar-refractivity contribution in [2.45, 2.75) is 32.4 Å². The van der Waals surface area contributed by atoms with E-state index in [-0.39, 0.29) is 11.8 Å². The van der Waals surface area contributed by atoms with Crippen LogP contribution in [0.25, 0.3) is 0 Å². The molecule has 0 aromatic carbocycles. The number of nitrogens with one attached hydrogen (secondary N) is 1. The highest BCUT2D eigenvalue weighted by Gasteiger charge is 2.28. The van der Waals surface area contributed by atoms with Crippen molar-refractivity contribution >= 4 is 11.9 Å². The first kappa shape index (κ1) is 14.2. The van der Waals surface area contributed by atoms with E-state index in [1.165, 1.54) is 13.2 Å². The molecular formula is C12H18N2O4. The molecule has 0 aliphatic rings. The number of carbonyl (C=O) groups excluding carboxylic acids is 2. The summed E-state index contributed by atoms with van der Waals surface area (Å²) in [5.41, 5.74) is 4.40. The molecule has 18 heavy (non-hydrogen) atoms. The van der Waals surface area contributed by atoms with Crippen LogP contribution in [0.3, 0.4) is 0 Å². The second-order valence-electron chi connectivity index (χ2n) is 4.55. The molecular weight excluding hydrogens is 236 g/mol. The summed E-state index contributed by atoms with van der Waals surface area (Å²) in [6.45, 7) is 5.16. The number of furan rings is 1. The van der Waals surface area contributed by atoms with Gasteiger partial charge in [-0.3, -0.25) is 10.1 Å². The molecule has 1 atom stereocenters. The lowest BCUT2D eigenvalue weighted by Gasteiger charge is -2.25. The topological polar surface area (TPSA) is 94.6 Å². The van der Waals surface area contributed by atoms with Crippen LogP contribution in [0.4, 0.5) is 0 Å². The first-order chi connectivity index (χ1) is 8.27. The maximum absolute atomic E-state index is 11.2. The van der Waals surface area contributed by atoms with Gasteiger partial charge in [-0.05, 0) is 32.9 Å². The van der Waals surface area contributed by atoms with Gasteiger partial charge in [0.2, 0.25) is 11.7 Å². The van der Waals surface area contributed by atoms with Gasteiger partial charge in [-0.25, -0.2) is 4.79 Å². The summed E-state index contributed by atoms with van der Waals surface area (Å²) in [6, 6.07) is 2.92. The van der Waals surface area contributed by atoms with Gasteiger partial charge in [0.25, 0.3) is 0 Å². The van der Waals surface area contributed by atoms with Crippen molar-refractivity contribution in [3.05, 3.63) is 23.7 Å². The molecule has 0 spiro atoms. The predicted molar refractivity (Wildman–Crippen MR) is 64.9 cm³/mol. The standard InChI is InChI=1S/C12H18N2O4/c1-7(14-12(2,3)11(13)16)8-5-6-9(18-8)10(15)17-4/h5-7,14H,1-4H3,(H2,13,16). The van der Waals surface area contributed by atoms with Crippen molar-refractivity contribution < 1.29 is 18.7 Å². The third-order valence-electron chi connectivity index (χ3n) is 2.63. The Bertz CT molecular complexity index is 451. The maximum atomic E-state index is 11.2. The zero-order valence-electron chi connectivity index (χ0n) is 10.9. The molecule has 0 saturated carbocycles. The van der Waals surface area contributed by atoms with Crippen LogP contribution in [-0.2, 0) is 9.53 Å². The van der Waals surface area contributed by atoms with Gasteiger partial charge in [-0.2, -0.15) is 0 Å². The van der Waals surface area contributed by atoms with E-state index >= 15 is 0 Å². The predicted octanol–water partition coefficient (Wildman–Crippen LogP) is 0.981. The van der Waals surface area contributed by atoms with Crippen molar-refractivity contribution in [2.75, 3.05) is 7.11 Å². The number of methoxy groups -OCH3 is 1. The molecule has 1 heterocycles. The average molecular weight is 254 g/mol. The molecule has 6 heteroatoms. The minimum Gasteiger partial charge on any atom is -0.463 e. The molecule has 0 fully saturated rings. The largest absolute Gasteiger partial charge is 0.463 e. The zero-order valence-corrected chi connectivity index (χ0v) is 10.9.